The largest absolute Gasteiger partial charge is 0.497 e. The molecule has 0 radical (unpaired) electrons. The molecule has 3 rings (SSSR count). The summed E-state index contributed by atoms with van der Waals surface area (Å²) in [5.74, 6) is 0.906. The minimum atomic E-state index is -1.85. The van der Waals surface area contributed by atoms with E-state index in [0.29, 0.717) is 35.7 Å². The lowest BCUT2D eigenvalue weighted by Crippen LogP contribution is -2.41. The van der Waals surface area contributed by atoms with Crippen LogP contribution in [0.2, 0.25) is 18.1 Å². The molecule has 0 bridgehead atoms. The summed E-state index contributed by atoms with van der Waals surface area (Å²) >= 11 is 0. The van der Waals surface area contributed by atoms with E-state index in [1.807, 2.05) is 36.4 Å². The highest BCUT2D eigenvalue weighted by molar-refractivity contribution is 6.74. The number of hydrogen-bond donors (Lipinski definition) is 0. The van der Waals surface area contributed by atoms with E-state index >= 15 is 0 Å². The molecular weight excluding hydrogens is 486 g/mol. The van der Waals surface area contributed by atoms with Crippen LogP contribution in [0.5, 0.6) is 11.5 Å². The molecule has 3 aromatic rings. The average molecular weight is 526 g/mol. The Morgan fingerprint density at radius 1 is 0.973 bits per heavy atom. The average Bonchev–Trinajstić information content (AvgIpc) is 2.87. The van der Waals surface area contributed by atoms with Gasteiger partial charge in [-0.1, -0.05) is 20.8 Å². The first kappa shape index (κ1) is 28.4. The number of carbonyl (C=O) groups is 1. The second-order valence-corrected chi connectivity index (χ2v) is 15.1. The molecule has 0 aliphatic carbocycles. The molecule has 0 unspecified atom stereocenters. The van der Waals surface area contributed by atoms with Crippen molar-refractivity contribution in [3.05, 3.63) is 48.3 Å². The van der Waals surface area contributed by atoms with Gasteiger partial charge in [0, 0.05) is 42.7 Å². The Morgan fingerprint density at radius 3 is 2.24 bits per heavy atom. The normalized spacial score (nSPS) is 11.9. The van der Waals surface area contributed by atoms with Crippen molar-refractivity contribution in [3.63, 3.8) is 0 Å². The van der Waals surface area contributed by atoms with Crippen LogP contribution in [0.15, 0.2) is 42.6 Å². The van der Waals surface area contributed by atoms with Crippen molar-refractivity contribution in [2.45, 2.75) is 52.2 Å². The molecule has 0 aliphatic heterocycles. The van der Waals surface area contributed by atoms with Crippen LogP contribution in [0.3, 0.4) is 0 Å². The summed E-state index contributed by atoms with van der Waals surface area (Å²) < 4.78 is 22.6. The first-order valence-electron chi connectivity index (χ1n) is 12.6. The van der Waals surface area contributed by atoms with E-state index < -0.39 is 14.3 Å². The van der Waals surface area contributed by atoms with Gasteiger partial charge in [0.25, 0.3) is 0 Å². The van der Waals surface area contributed by atoms with Crippen LogP contribution in [-0.4, -0.2) is 58.2 Å². The maximum absolute atomic E-state index is 12.2. The van der Waals surface area contributed by atoms with Gasteiger partial charge in [0.1, 0.15) is 11.5 Å². The third-order valence-corrected chi connectivity index (χ3v) is 11.3. The molecule has 200 valence electrons. The molecule has 0 amide bonds. The van der Waals surface area contributed by atoms with Crippen LogP contribution >= 0.6 is 0 Å². The zero-order valence-electron chi connectivity index (χ0n) is 23.3. The quantitative estimate of drug-likeness (QED) is 0.162. The van der Waals surface area contributed by atoms with Crippen molar-refractivity contribution < 1.29 is 23.4 Å². The second-order valence-electron chi connectivity index (χ2n) is 10.3. The number of benzene rings is 2. The van der Waals surface area contributed by atoms with E-state index in [1.54, 1.807) is 21.1 Å². The van der Waals surface area contributed by atoms with Gasteiger partial charge in [-0.2, -0.15) is 0 Å². The van der Waals surface area contributed by atoms with Crippen molar-refractivity contribution in [1.29, 1.82) is 0 Å². The van der Waals surface area contributed by atoms with E-state index in [1.165, 1.54) is 6.20 Å². The van der Waals surface area contributed by atoms with Crippen molar-refractivity contribution in [1.82, 2.24) is 9.97 Å². The Labute approximate surface area is 221 Å². The van der Waals surface area contributed by atoms with Crippen LogP contribution in [0.25, 0.3) is 11.0 Å². The van der Waals surface area contributed by atoms with Crippen molar-refractivity contribution in [2.24, 2.45) is 0 Å². The minimum Gasteiger partial charge on any atom is -0.497 e. The summed E-state index contributed by atoms with van der Waals surface area (Å²) in [6, 6.07) is 11.6. The molecule has 0 saturated carbocycles. The Hall–Kier alpha value is -3.17. The minimum absolute atomic E-state index is 0.153. The predicted molar refractivity (Wildman–Crippen MR) is 150 cm³/mol. The van der Waals surface area contributed by atoms with E-state index in [9.17, 15) is 4.79 Å². The molecule has 2 aromatic carbocycles. The fraction of sp³-hybridized carbons (Fsp3) is 0.464. The van der Waals surface area contributed by atoms with Gasteiger partial charge < -0.3 is 23.5 Å². The summed E-state index contributed by atoms with van der Waals surface area (Å²) in [5, 5.41) is 0.153. The van der Waals surface area contributed by atoms with E-state index in [-0.39, 0.29) is 17.3 Å². The van der Waals surface area contributed by atoms with Gasteiger partial charge in [0.15, 0.2) is 14.0 Å². The fourth-order valence-corrected chi connectivity index (χ4v) is 4.68. The number of ether oxygens (including phenoxy) is 3. The highest BCUT2D eigenvalue weighted by Crippen LogP contribution is 2.37. The van der Waals surface area contributed by atoms with E-state index in [2.05, 4.69) is 48.7 Å². The van der Waals surface area contributed by atoms with Crippen LogP contribution in [-0.2, 0) is 9.16 Å². The molecule has 37 heavy (non-hydrogen) atoms. The molecule has 8 nitrogen and oxygen atoms in total. The van der Waals surface area contributed by atoms with Crippen molar-refractivity contribution in [2.75, 3.05) is 38.9 Å². The van der Waals surface area contributed by atoms with Gasteiger partial charge in [-0.15, -0.1) is 0 Å². The molecule has 0 saturated heterocycles. The van der Waals surface area contributed by atoms with Crippen LogP contribution in [0.4, 0.5) is 11.4 Å². The fourth-order valence-electron chi connectivity index (χ4n) is 3.59. The van der Waals surface area contributed by atoms with Gasteiger partial charge in [-0.25, -0.2) is 9.78 Å². The third-order valence-electron chi connectivity index (χ3n) is 6.77. The monoisotopic (exact) mass is 525 g/mol. The number of carbonyl (C=O) groups excluding carboxylic acids is 1. The Kier molecular flexibility index (Phi) is 9.15. The third kappa shape index (κ3) is 6.99. The van der Waals surface area contributed by atoms with Crippen molar-refractivity contribution in [3.8, 4) is 11.5 Å². The summed E-state index contributed by atoms with van der Waals surface area (Å²) in [6.45, 7) is 14.7. The SMILES string of the molecule is CCOC(=O)c1cnc2ccc(N(CCCO[Si](C)(C)C(C)(C)C)c3cc(OC)cc(OC)c3)cc2n1. The maximum atomic E-state index is 12.2. The lowest BCUT2D eigenvalue weighted by atomic mass is 10.2. The number of methoxy groups -OCH3 is 2. The number of rotatable bonds is 11. The van der Waals surface area contributed by atoms with Gasteiger partial charge in [0.05, 0.1) is 38.1 Å². The molecule has 9 heteroatoms. The van der Waals surface area contributed by atoms with Crippen molar-refractivity contribution >= 4 is 36.7 Å². The standard InChI is InChI=1S/C28H39N3O5Si/c1-9-35-27(32)26-19-29-24-12-11-20(17-25(24)30-26)31(13-10-14-36-37(7,8)28(2,3)4)21-15-22(33-5)18-23(16-21)34-6/h11-12,15-19H,9-10,13-14H2,1-8H3. The molecule has 0 spiro atoms. The van der Waals surface area contributed by atoms with E-state index in [4.69, 9.17) is 18.6 Å². The second kappa shape index (κ2) is 11.9. The molecule has 1 heterocycles. The Bertz CT molecular complexity index is 1200. The molecule has 0 atom stereocenters. The van der Waals surface area contributed by atoms with E-state index in [0.717, 1.165) is 17.8 Å². The van der Waals surface area contributed by atoms with Crippen LogP contribution < -0.4 is 14.4 Å². The maximum Gasteiger partial charge on any atom is 0.358 e. The highest BCUT2D eigenvalue weighted by atomic mass is 28.4. The summed E-state index contributed by atoms with van der Waals surface area (Å²) in [5.41, 5.74) is 3.31. The Balaban J connectivity index is 1.96. The lowest BCUT2D eigenvalue weighted by Gasteiger charge is -2.36. The van der Waals surface area contributed by atoms with Crippen LogP contribution in [0, 0.1) is 0 Å². The first-order valence-corrected chi connectivity index (χ1v) is 15.5. The molecule has 0 fully saturated rings. The number of nitrogens with zero attached hydrogens (tertiary/aromatic N) is 3. The van der Waals surface area contributed by atoms with Crippen LogP contribution in [0.1, 0.15) is 44.6 Å². The zero-order valence-corrected chi connectivity index (χ0v) is 24.3. The number of esters is 1. The summed E-state index contributed by atoms with van der Waals surface area (Å²) in [4.78, 5) is 23.3. The van der Waals surface area contributed by atoms with Gasteiger partial charge in [0.2, 0.25) is 0 Å². The first-order chi connectivity index (χ1) is 17.5. The Morgan fingerprint density at radius 2 is 1.65 bits per heavy atom. The molecular formula is C28H39N3O5Si. The number of aromatic nitrogens is 2. The lowest BCUT2D eigenvalue weighted by molar-refractivity contribution is 0.0519. The van der Waals surface area contributed by atoms with Gasteiger partial charge in [-0.05, 0) is 49.7 Å². The highest BCUT2D eigenvalue weighted by Gasteiger charge is 2.36. The van der Waals surface area contributed by atoms with Gasteiger partial charge >= 0.3 is 5.97 Å². The molecule has 1 aromatic heterocycles. The molecule has 0 N–H and O–H groups in total. The smallest absolute Gasteiger partial charge is 0.358 e. The van der Waals surface area contributed by atoms with Gasteiger partial charge in [-0.3, -0.25) is 4.98 Å². The number of hydrogen-bond acceptors (Lipinski definition) is 8. The summed E-state index contributed by atoms with van der Waals surface area (Å²) in [7, 11) is 1.43. The number of fused-ring (bicyclic) bond motifs is 1. The number of anilines is 2. The topological polar surface area (TPSA) is 83.0 Å². The summed E-state index contributed by atoms with van der Waals surface area (Å²) in [6.07, 6.45) is 2.27. The molecule has 0 aliphatic rings. The predicted octanol–water partition coefficient (Wildman–Crippen LogP) is 6.37. The zero-order chi connectivity index (χ0) is 27.2.